The number of aromatic amines is 3. The third-order valence-corrected chi connectivity index (χ3v) is 25.6. The van der Waals surface area contributed by atoms with Crippen LogP contribution in [0.15, 0.2) is 178 Å². The van der Waals surface area contributed by atoms with Crippen LogP contribution in [0.4, 0.5) is 0 Å². The summed E-state index contributed by atoms with van der Waals surface area (Å²) in [6.07, 6.45) is 21.5. The largest absolute Gasteiger partial charge is 0.483 e. The Bertz CT molecular complexity index is 5720. The molecule has 0 saturated heterocycles. The van der Waals surface area contributed by atoms with Crippen LogP contribution < -0.4 is 30.9 Å². The minimum absolute atomic E-state index is 0.156. The maximum absolute atomic E-state index is 16.2. The molecule has 3 aliphatic rings. The maximum atomic E-state index is 16.2. The predicted molar refractivity (Wildman–Crippen MR) is 491 cm³/mol. The molecule has 20 heteroatoms. The Kier molecular flexibility index (Phi) is 23.5. The molecule has 0 bridgehead atoms. The van der Waals surface area contributed by atoms with Crippen LogP contribution >= 0.6 is 7.82 Å². The summed E-state index contributed by atoms with van der Waals surface area (Å²) in [4.78, 5) is 58.0. The highest BCUT2D eigenvalue weighted by atomic mass is 31.2. The van der Waals surface area contributed by atoms with E-state index in [0.29, 0.717) is 68.0 Å². The van der Waals surface area contributed by atoms with E-state index in [1.807, 2.05) is 112 Å². The molecule has 6 aromatic carbocycles. The normalized spacial score (nSPS) is 16.8. The van der Waals surface area contributed by atoms with Crippen molar-refractivity contribution in [1.82, 2.24) is 43.8 Å². The number of aromatic nitrogens is 9. The highest BCUT2D eigenvalue weighted by molar-refractivity contribution is 7.48. The van der Waals surface area contributed by atoms with Crippen molar-refractivity contribution in [2.45, 2.75) is 253 Å². The highest BCUT2D eigenvalue weighted by Gasteiger charge is 2.41. The van der Waals surface area contributed by atoms with Gasteiger partial charge in [0.1, 0.15) is 34.2 Å². The van der Waals surface area contributed by atoms with Gasteiger partial charge in [0, 0.05) is 67.2 Å². The molecule has 6 aromatic heterocycles. The number of benzene rings is 6. The molecule has 3 unspecified atom stereocenters. The fourth-order valence-corrected chi connectivity index (χ4v) is 20.0. The fraction of sp³-hybridized carbons (Fsp3) is 0.412. The zero-order valence-corrected chi connectivity index (χ0v) is 75.9. The number of aryl methyl sites for hydroxylation is 3. The molecule has 0 spiro atoms. The first-order chi connectivity index (χ1) is 57.7. The van der Waals surface area contributed by atoms with Gasteiger partial charge in [-0.25, -0.2) is 18.1 Å². The minimum atomic E-state index is -4.87. The molecule has 0 saturated carbocycles. The highest BCUT2D eigenvalue weighted by Crippen LogP contribution is 2.54. The molecule has 0 aliphatic heterocycles. The van der Waals surface area contributed by atoms with Gasteiger partial charge < -0.3 is 29.2 Å². The lowest BCUT2D eigenvalue weighted by Gasteiger charge is -2.34. The van der Waals surface area contributed by atoms with Gasteiger partial charge in [-0.3, -0.25) is 14.4 Å². The number of nitrogens with zero attached hydrogens (tertiary/aromatic N) is 6. The van der Waals surface area contributed by atoms with Crippen molar-refractivity contribution in [2.24, 2.45) is 0 Å². The quantitative estimate of drug-likeness (QED) is 0.0346. The van der Waals surface area contributed by atoms with Crippen LogP contribution in [0.25, 0.3) is 84.1 Å². The second-order valence-corrected chi connectivity index (χ2v) is 41.3. The van der Waals surface area contributed by atoms with Crippen molar-refractivity contribution >= 4 is 24.8 Å². The van der Waals surface area contributed by atoms with Gasteiger partial charge in [-0.1, -0.05) is 270 Å². The van der Waals surface area contributed by atoms with Gasteiger partial charge >= 0.3 is 7.82 Å². The molecular weight excluding hydrogens is 1540 g/mol. The first-order valence-electron chi connectivity index (χ1n) is 43.3. The summed E-state index contributed by atoms with van der Waals surface area (Å²) in [5, 5.41) is 15.5. The molecule has 0 amide bonds. The summed E-state index contributed by atoms with van der Waals surface area (Å²) in [7, 11) is -4.87. The predicted octanol–water partition coefficient (Wildman–Crippen LogP) is 24.4. The summed E-state index contributed by atoms with van der Waals surface area (Å²) < 4.78 is 60.6. The molecule has 15 rings (SSSR count). The number of phosphoric acid groups is 1. The Morgan fingerprint density at radius 2 is 0.590 bits per heavy atom. The monoisotopic (exact) mass is 1660 g/mol. The minimum Gasteiger partial charge on any atom is -0.467 e. The van der Waals surface area contributed by atoms with Gasteiger partial charge in [0.15, 0.2) is 20.4 Å². The smallest absolute Gasteiger partial charge is 0.467 e. The van der Waals surface area contributed by atoms with Crippen LogP contribution in [-0.4, -0.2) is 64.2 Å². The molecule has 12 aromatic rings. The van der Waals surface area contributed by atoms with E-state index < -0.39 is 60.7 Å². The second kappa shape index (κ2) is 33.2. The number of allylic oxidation sites excluding steroid dienone is 6. The summed E-state index contributed by atoms with van der Waals surface area (Å²) in [5.74, 6) is 1.74. The Morgan fingerprint density at radius 1 is 0.344 bits per heavy atom. The molecule has 3 atom stereocenters. The zero-order valence-electron chi connectivity index (χ0n) is 75.0. The average molecular weight is 1660 g/mol. The first-order valence-corrected chi connectivity index (χ1v) is 44.7. The number of hydrogen-bond acceptors (Lipinski definition) is 13. The number of hydrogen-bond donors (Lipinski definition) is 3. The molecule has 3 N–H and O–H groups in total. The maximum Gasteiger partial charge on any atom is 0.483 e. The van der Waals surface area contributed by atoms with Crippen molar-refractivity contribution in [1.29, 1.82) is 0 Å². The van der Waals surface area contributed by atoms with E-state index in [-0.39, 0.29) is 34.4 Å². The van der Waals surface area contributed by atoms with Crippen molar-refractivity contribution in [3.63, 3.8) is 0 Å². The summed E-state index contributed by atoms with van der Waals surface area (Å²) in [6, 6.07) is 41.6. The third kappa shape index (κ3) is 16.7. The van der Waals surface area contributed by atoms with E-state index in [9.17, 15) is 0 Å². The van der Waals surface area contributed by atoms with Crippen LogP contribution in [0.5, 0.6) is 17.2 Å². The van der Waals surface area contributed by atoms with E-state index in [0.717, 1.165) is 158 Å². The van der Waals surface area contributed by atoms with E-state index >= 15 is 18.9 Å². The Morgan fingerprint density at radius 3 is 0.811 bits per heavy atom. The summed E-state index contributed by atoms with van der Waals surface area (Å²) >= 11 is 0. The molecule has 638 valence electrons. The van der Waals surface area contributed by atoms with Crippen molar-refractivity contribution in [3.8, 4) is 84.4 Å². The fourth-order valence-electron chi connectivity index (χ4n) is 19.2. The van der Waals surface area contributed by atoms with Gasteiger partial charge in [0.05, 0.1) is 33.8 Å². The first kappa shape index (κ1) is 86.3. The number of ether oxygens (including phenoxy) is 3. The molecule has 3 aliphatic carbocycles. The number of rotatable bonds is 21. The van der Waals surface area contributed by atoms with E-state index in [4.69, 9.17) is 43.1 Å². The Hall–Kier alpha value is -10.7. The van der Waals surface area contributed by atoms with Crippen molar-refractivity contribution in [2.75, 3.05) is 20.4 Å². The molecule has 6 heterocycles. The van der Waals surface area contributed by atoms with Gasteiger partial charge in [-0.05, 0) is 180 Å². The van der Waals surface area contributed by atoms with E-state index in [1.54, 1.807) is 13.5 Å². The molecule has 19 nitrogen and oxygen atoms in total. The summed E-state index contributed by atoms with van der Waals surface area (Å²) in [6.45, 7) is 42.0. The molecular formula is C102H120N9O10P. The third-order valence-electron chi connectivity index (χ3n) is 24.3. The average Bonchev–Trinajstić information content (AvgIpc) is 1.37. The van der Waals surface area contributed by atoms with Crippen molar-refractivity contribution < 1.29 is 32.3 Å². The van der Waals surface area contributed by atoms with E-state index in [2.05, 4.69) is 212 Å². The number of phosphoric ester groups is 1. The lowest BCUT2D eigenvalue weighted by molar-refractivity contribution is -0.00539. The SMILES string of the molecule is Cc1[nH]c2c(C3CC=CCC3)c(-c3ccccc3)nn2c(=O)c1-c1ccc(OCOP(=O)(OCOc2ccc(-c3c(C)[nH]c4c(C5CC=CCC5)c(-c5ccccc5)nn4c3=O)c(C(C)(C)C)c2C(C)(C)C)OCOc2ccc(-c3c(C)[nH]c4c(C5CC=CCC5)c(-c5ccccc5)nn4c3=O)c(C(C)(C)C)c2C(C)(C)C)c(C(C)(C)C)c1C(C)(C)C. The molecule has 122 heavy (non-hydrogen) atoms. The topological polar surface area (TPSA) is 223 Å². The van der Waals surface area contributed by atoms with Gasteiger partial charge in [0.25, 0.3) is 16.7 Å². The summed E-state index contributed by atoms with van der Waals surface area (Å²) in [5.41, 5.74) is 16.7. The Labute approximate surface area is 717 Å². The molecule has 0 fully saturated rings. The standard InChI is InChI=1S/C102H120N9O10P/c1-61-76(94(112)109-91(103-61)79(64-40-28-22-29-41-64)88(106-109)67-46-34-25-35-47-67)70-52-55-73(85(100(13,14)15)82(70)97(4,5)6)116-58-119-122(115,120-59-117-74-56-53-71(83(98(7,8)9)86(74)101(16,17)18)77-62(2)104-92-80(65-42-30-23-31-43-65)89(107-110(92)95(77)113)68-48-36-26-37-49-68)121-60-118-75-57-54-72(84(99(10,11)12)87(75)102(19,20)21)78-63(3)105-93-81(66-44-32-24-33-45-66)90(108-111(93)96(78)114)69-50-38-27-39-51-69/h22-28,30,32,34-39,46-57,64-66,103-105H,29,31,33,40-45,58-60H2,1-21H3. The van der Waals surface area contributed by atoms with Crippen molar-refractivity contribution in [3.05, 3.63) is 262 Å². The number of nitrogens with one attached hydrogen (secondary N) is 3. The Balaban J connectivity index is 0.803. The number of fused-ring (bicyclic) bond motifs is 3. The van der Waals surface area contributed by atoms with Gasteiger partial charge in [0.2, 0.25) is 0 Å². The lowest BCUT2D eigenvalue weighted by Crippen LogP contribution is -2.27. The second-order valence-electron chi connectivity index (χ2n) is 39.6. The lowest BCUT2D eigenvalue weighted by atomic mass is 9.71. The van der Waals surface area contributed by atoms with Gasteiger partial charge in [-0.15, -0.1) is 0 Å². The van der Waals surface area contributed by atoms with Crippen LogP contribution in [0.1, 0.15) is 267 Å². The van der Waals surface area contributed by atoms with E-state index in [1.165, 1.54) is 0 Å². The zero-order chi connectivity index (χ0) is 87.1. The number of H-pyrrole nitrogens is 3. The van der Waals surface area contributed by atoms with Crippen LogP contribution in [0.3, 0.4) is 0 Å². The van der Waals surface area contributed by atoms with Crippen LogP contribution in [-0.2, 0) is 50.6 Å². The van der Waals surface area contributed by atoms with Crippen LogP contribution in [0, 0.1) is 20.8 Å². The van der Waals surface area contributed by atoms with Gasteiger partial charge in [-0.2, -0.15) is 28.8 Å². The molecule has 0 radical (unpaired) electrons. The van der Waals surface area contributed by atoms with Crippen LogP contribution in [0.2, 0.25) is 0 Å².